The minimum atomic E-state index is -3.84. The number of hydrazone groups is 1. The third-order valence-corrected chi connectivity index (χ3v) is 6.40. The molecule has 2 aromatic rings. The number of hydrogen-bond donors (Lipinski definition) is 2. The van der Waals surface area contributed by atoms with E-state index < -0.39 is 20.6 Å². The number of nitro groups is 1. The molecule has 166 valence electrons. The van der Waals surface area contributed by atoms with Crippen LogP contribution in [0.4, 0.5) is 17.1 Å². The maximum Gasteiger partial charge on any atom is 0.295 e. The molecular formula is C20H25N5O5S. The Balaban J connectivity index is 2.17. The summed E-state index contributed by atoms with van der Waals surface area (Å²) in [6.45, 7) is 5.48. The Morgan fingerprint density at radius 1 is 1.13 bits per heavy atom. The summed E-state index contributed by atoms with van der Waals surface area (Å²) >= 11 is 0. The number of rotatable bonds is 10. The van der Waals surface area contributed by atoms with Crippen molar-refractivity contribution in [3.63, 3.8) is 0 Å². The van der Waals surface area contributed by atoms with Crippen molar-refractivity contribution in [3.05, 3.63) is 58.6 Å². The van der Waals surface area contributed by atoms with Gasteiger partial charge in [-0.15, -0.1) is 0 Å². The van der Waals surface area contributed by atoms with Crippen molar-refractivity contribution in [1.29, 1.82) is 0 Å². The average molecular weight is 448 g/mol. The van der Waals surface area contributed by atoms with Gasteiger partial charge < -0.3 is 5.32 Å². The van der Waals surface area contributed by atoms with E-state index >= 15 is 0 Å². The molecule has 0 saturated heterocycles. The first kappa shape index (κ1) is 24.0. The molecule has 2 N–H and O–H groups in total. The predicted molar refractivity (Wildman–Crippen MR) is 120 cm³/mol. The highest BCUT2D eigenvalue weighted by Crippen LogP contribution is 2.29. The number of benzene rings is 2. The Morgan fingerprint density at radius 3 is 2.35 bits per heavy atom. The number of nitro benzene ring substituents is 1. The number of sulfonamides is 1. The van der Waals surface area contributed by atoms with Crippen LogP contribution in [0.15, 0.2) is 58.5 Å². The van der Waals surface area contributed by atoms with Crippen molar-refractivity contribution < 1.29 is 18.1 Å². The lowest BCUT2D eigenvalue weighted by atomic mass is 10.2. The van der Waals surface area contributed by atoms with E-state index in [1.807, 2.05) is 6.07 Å². The molecule has 0 fully saturated rings. The molecule has 0 unspecified atom stereocenters. The number of nitrogens with zero attached hydrogens (tertiary/aromatic N) is 3. The van der Waals surface area contributed by atoms with Gasteiger partial charge in [0.25, 0.3) is 5.69 Å². The lowest BCUT2D eigenvalue weighted by Gasteiger charge is -2.18. The summed E-state index contributed by atoms with van der Waals surface area (Å²) in [5.41, 5.74) is 3.18. The second-order valence-corrected chi connectivity index (χ2v) is 8.51. The first-order valence-electron chi connectivity index (χ1n) is 9.61. The number of amides is 1. The highest BCUT2D eigenvalue weighted by molar-refractivity contribution is 7.89. The molecule has 0 aliphatic heterocycles. The van der Waals surface area contributed by atoms with Gasteiger partial charge in [-0.1, -0.05) is 32.0 Å². The maximum absolute atomic E-state index is 12.6. The Morgan fingerprint density at radius 2 is 1.77 bits per heavy atom. The topological polar surface area (TPSA) is 134 Å². The van der Waals surface area contributed by atoms with Gasteiger partial charge in [-0.3, -0.25) is 20.3 Å². The van der Waals surface area contributed by atoms with Crippen LogP contribution in [0.2, 0.25) is 0 Å². The number of carbonyl (C=O) groups excluding carboxylic acids is 1. The zero-order valence-electron chi connectivity index (χ0n) is 17.5. The number of carbonyl (C=O) groups is 1. The van der Waals surface area contributed by atoms with E-state index in [1.165, 1.54) is 16.4 Å². The third kappa shape index (κ3) is 6.33. The molecule has 2 aromatic carbocycles. The van der Waals surface area contributed by atoms with Crippen LogP contribution in [0.5, 0.6) is 0 Å². The Hall–Kier alpha value is -3.31. The predicted octanol–water partition coefficient (Wildman–Crippen LogP) is 3.44. The zero-order chi connectivity index (χ0) is 23.0. The first-order valence-corrected chi connectivity index (χ1v) is 11.1. The zero-order valence-corrected chi connectivity index (χ0v) is 18.3. The summed E-state index contributed by atoms with van der Waals surface area (Å²) in [5, 5.41) is 18.2. The van der Waals surface area contributed by atoms with E-state index in [2.05, 4.69) is 15.8 Å². The van der Waals surface area contributed by atoms with Gasteiger partial charge in [0.15, 0.2) is 0 Å². The van der Waals surface area contributed by atoms with Gasteiger partial charge in [0, 0.05) is 30.6 Å². The van der Waals surface area contributed by atoms with Gasteiger partial charge in [0.1, 0.15) is 5.69 Å². The van der Waals surface area contributed by atoms with E-state index in [-0.39, 0.29) is 36.0 Å². The largest absolute Gasteiger partial charge is 0.326 e. The van der Waals surface area contributed by atoms with Gasteiger partial charge in [0.2, 0.25) is 15.9 Å². The minimum absolute atomic E-state index is 0.0197. The summed E-state index contributed by atoms with van der Waals surface area (Å²) in [7, 11) is -3.84. The van der Waals surface area contributed by atoms with Crippen molar-refractivity contribution in [1.82, 2.24) is 4.31 Å². The van der Waals surface area contributed by atoms with Crippen LogP contribution in [0.3, 0.4) is 0 Å². The molecule has 0 atom stereocenters. The average Bonchev–Trinajstić information content (AvgIpc) is 2.73. The smallest absolute Gasteiger partial charge is 0.295 e. The lowest BCUT2D eigenvalue weighted by molar-refractivity contribution is -0.384. The fourth-order valence-electron chi connectivity index (χ4n) is 2.78. The highest BCUT2D eigenvalue weighted by Gasteiger charge is 2.25. The molecular weight excluding hydrogens is 422 g/mol. The summed E-state index contributed by atoms with van der Waals surface area (Å²) < 4.78 is 26.5. The van der Waals surface area contributed by atoms with Gasteiger partial charge >= 0.3 is 0 Å². The summed E-state index contributed by atoms with van der Waals surface area (Å²) in [6, 6.07) is 12.5. The van der Waals surface area contributed by atoms with E-state index in [9.17, 15) is 23.3 Å². The maximum atomic E-state index is 12.6. The van der Waals surface area contributed by atoms with Crippen molar-refractivity contribution >= 4 is 38.7 Å². The molecule has 11 heteroatoms. The fourth-order valence-corrected chi connectivity index (χ4v) is 4.26. The van der Waals surface area contributed by atoms with Crippen molar-refractivity contribution in [2.75, 3.05) is 23.8 Å². The van der Waals surface area contributed by atoms with Gasteiger partial charge in [-0.2, -0.15) is 9.41 Å². The number of nitrogens with one attached hydrogen (secondary N) is 2. The number of anilines is 2. The molecule has 10 nitrogen and oxygen atoms in total. The monoisotopic (exact) mass is 447 g/mol. The van der Waals surface area contributed by atoms with Gasteiger partial charge in [-0.05, 0) is 31.2 Å². The third-order valence-electron chi connectivity index (χ3n) is 4.35. The molecule has 0 aliphatic carbocycles. The fraction of sp³-hybridized carbons (Fsp3) is 0.300. The SMILES string of the molecule is CCN(CC)S(=O)(=O)c1ccc(N/N=C(/C)CC(=O)Nc2ccccc2)c([N+](=O)[O-])c1. The van der Waals surface area contributed by atoms with Crippen LogP contribution >= 0.6 is 0 Å². The van der Waals surface area contributed by atoms with Crippen LogP contribution in [0, 0.1) is 10.1 Å². The highest BCUT2D eigenvalue weighted by atomic mass is 32.2. The van der Waals surface area contributed by atoms with E-state index in [0.717, 1.165) is 6.07 Å². The molecule has 0 saturated carbocycles. The van der Waals surface area contributed by atoms with Crippen molar-refractivity contribution in [3.8, 4) is 0 Å². The molecule has 0 aromatic heterocycles. The van der Waals surface area contributed by atoms with Gasteiger partial charge in [0.05, 0.1) is 16.2 Å². The van der Waals surface area contributed by atoms with Crippen LogP contribution in [0.1, 0.15) is 27.2 Å². The summed E-state index contributed by atoms with van der Waals surface area (Å²) in [4.78, 5) is 22.7. The summed E-state index contributed by atoms with van der Waals surface area (Å²) in [5.74, 6) is -0.288. The van der Waals surface area contributed by atoms with Gasteiger partial charge in [-0.25, -0.2) is 8.42 Å². The van der Waals surface area contributed by atoms with E-state index in [0.29, 0.717) is 11.4 Å². The molecule has 2 rings (SSSR count). The second kappa shape index (κ2) is 10.6. The second-order valence-electron chi connectivity index (χ2n) is 6.58. The minimum Gasteiger partial charge on any atom is -0.326 e. The van der Waals surface area contributed by atoms with Crippen molar-refractivity contribution in [2.45, 2.75) is 32.1 Å². The van der Waals surface area contributed by atoms with Crippen LogP contribution in [-0.4, -0.2) is 42.4 Å². The summed E-state index contributed by atoms with van der Waals surface area (Å²) in [6.07, 6.45) is -0.0237. The van der Waals surface area contributed by atoms with Crippen LogP contribution in [0.25, 0.3) is 0 Å². The van der Waals surface area contributed by atoms with E-state index in [4.69, 9.17) is 0 Å². The van der Waals surface area contributed by atoms with Crippen molar-refractivity contribution in [2.24, 2.45) is 5.10 Å². The molecule has 0 heterocycles. The normalized spacial score (nSPS) is 11.9. The van der Waals surface area contributed by atoms with Crippen LogP contribution < -0.4 is 10.7 Å². The molecule has 1 amide bonds. The van der Waals surface area contributed by atoms with Crippen LogP contribution in [-0.2, 0) is 14.8 Å². The quantitative estimate of drug-likeness (QED) is 0.325. The number of hydrogen-bond acceptors (Lipinski definition) is 7. The Labute approximate surface area is 181 Å². The Bertz CT molecular complexity index is 1070. The molecule has 0 bridgehead atoms. The molecule has 31 heavy (non-hydrogen) atoms. The number of para-hydroxylation sites is 1. The molecule has 0 radical (unpaired) electrons. The Kier molecular flexibility index (Phi) is 8.22. The first-order chi connectivity index (χ1) is 14.7. The lowest BCUT2D eigenvalue weighted by Crippen LogP contribution is -2.30. The van der Waals surface area contributed by atoms with E-state index in [1.54, 1.807) is 45.0 Å². The molecule has 0 aliphatic rings. The molecule has 0 spiro atoms. The standard InChI is InChI=1S/C20H25N5O5S/c1-4-24(5-2)31(29,30)17-11-12-18(19(14-17)25(27)28)23-22-15(3)13-20(26)21-16-9-7-6-8-10-16/h6-12,14,23H,4-5,13H2,1-3H3,(H,21,26)/b22-15-.